The van der Waals surface area contributed by atoms with E-state index in [4.69, 9.17) is 5.11 Å². The van der Waals surface area contributed by atoms with Crippen molar-refractivity contribution >= 4 is 0 Å². The van der Waals surface area contributed by atoms with Crippen LogP contribution in [0.25, 0.3) is 0 Å². The van der Waals surface area contributed by atoms with Gasteiger partial charge in [0.2, 0.25) is 0 Å². The lowest BCUT2D eigenvalue weighted by Gasteiger charge is -2.00. The summed E-state index contributed by atoms with van der Waals surface area (Å²) in [4.78, 5) is 0. The maximum Gasteiger partial charge on any atom is 0.0718 e. The van der Waals surface area contributed by atoms with Gasteiger partial charge in [-0.3, -0.25) is 0 Å². The molecule has 1 N–H and O–H groups in total. The Labute approximate surface area is 56.7 Å². The minimum Gasteiger partial charge on any atom is -0.389 e. The Morgan fingerprint density at radius 3 is 2.56 bits per heavy atom. The maximum atomic E-state index is 8.93. The van der Waals surface area contributed by atoms with Crippen LogP contribution in [-0.2, 0) is 0 Å². The topological polar surface area (TPSA) is 20.2 Å². The van der Waals surface area contributed by atoms with Crippen molar-refractivity contribution < 1.29 is 5.11 Å². The molecule has 9 heavy (non-hydrogen) atoms. The van der Waals surface area contributed by atoms with Crippen molar-refractivity contribution in [2.75, 3.05) is 0 Å². The van der Waals surface area contributed by atoms with Crippen molar-refractivity contribution in [3.63, 3.8) is 0 Å². The summed E-state index contributed by atoms with van der Waals surface area (Å²) >= 11 is 0. The minimum atomic E-state index is -0.329. The van der Waals surface area contributed by atoms with Crippen molar-refractivity contribution in [1.29, 1.82) is 0 Å². The quantitative estimate of drug-likeness (QED) is 0.440. The predicted octanol–water partition coefficient (Wildman–Crippen LogP) is 1.89. The fourth-order valence-electron chi connectivity index (χ4n) is 0.589. The molecule has 0 amide bonds. The Morgan fingerprint density at radius 1 is 1.44 bits per heavy atom. The summed E-state index contributed by atoms with van der Waals surface area (Å²) in [6.45, 7) is 7.04. The van der Waals surface area contributed by atoms with Gasteiger partial charge in [0.25, 0.3) is 0 Å². The molecule has 1 atom stereocenters. The Balaban J connectivity index is 3.05. The van der Waals surface area contributed by atoms with Crippen LogP contribution in [0.4, 0.5) is 0 Å². The van der Waals surface area contributed by atoms with E-state index in [2.05, 4.69) is 13.2 Å². The fraction of sp³-hybridized carbons (Fsp3) is 0.500. The number of hydrogen-bond acceptors (Lipinski definition) is 1. The molecule has 1 heteroatoms. The van der Waals surface area contributed by atoms with Crippen molar-refractivity contribution in [2.45, 2.75) is 25.4 Å². The van der Waals surface area contributed by atoms with E-state index in [0.29, 0.717) is 0 Å². The molecule has 0 unspecified atom stereocenters. The molecule has 0 bridgehead atoms. The molecule has 0 fully saturated rings. The molecule has 0 aromatic heterocycles. The first-order chi connectivity index (χ1) is 4.31. The third kappa shape index (κ3) is 5.31. The van der Waals surface area contributed by atoms with E-state index in [-0.39, 0.29) is 6.10 Å². The lowest BCUT2D eigenvalue weighted by molar-refractivity contribution is 0.210. The number of aliphatic hydroxyl groups is 1. The third-order valence-electron chi connectivity index (χ3n) is 1.18. The van der Waals surface area contributed by atoms with Crippen LogP contribution in [0.1, 0.15) is 19.3 Å². The molecule has 0 radical (unpaired) electrons. The highest BCUT2D eigenvalue weighted by molar-refractivity contribution is 4.78. The highest BCUT2D eigenvalue weighted by atomic mass is 16.3. The number of hydrogen-bond donors (Lipinski definition) is 1. The molecule has 0 saturated carbocycles. The minimum absolute atomic E-state index is 0.329. The standard InChI is InChI=1S/C8H14O/c1-3-5-6-7-8(9)4-2/h3-4,8-9H,1-2,5-7H2/t8-/m0/s1. The third-order valence-corrected chi connectivity index (χ3v) is 1.18. The normalized spacial score (nSPS) is 12.6. The monoisotopic (exact) mass is 126 g/mol. The first kappa shape index (κ1) is 8.44. The highest BCUT2D eigenvalue weighted by Crippen LogP contribution is 2.00. The summed E-state index contributed by atoms with van der Waals surface area (Å²) < 4.78 is 0. The summed E-state index contributed by atoms with van der Waals surface area (Å²) in [5, 5.41) is 8.93. The predicted molar refractivity (Wildman–Crippen MR) is 40.3 cm³/mol. The molecule has 52 valence electrons. The van der Waals surface area contributed by atoms with Crippen LogP contribution in [0.3, 0.4) is 0 Å². The molecule has 0 aromatic carbocycles. The molecule has 0 spiro atoms. The van der Waals surface area contributed by atoms with Gasteiger partial charge in [0, 0.05) is 0 Å². The first-order valence-corrected chi connectivity index (χ1v) is 3.22. The number of rotatable bonds is 5. The Morgan fingerprint density at radius 2 is 2.11 bits per heavy atom. The SMILES string of the molecule is C=CCCC[C@@H](O)C=C. The zero-order valence-corrected chi connectivity index (χ0v) is 5.71. The van der Waals surface area contributed by atoms with Gasteiger partial charge in [-0.05, 0) is 19.3 Å². The van der Waals surface area contributed by atoms with Gasteiger partial charge < -0.3 is 5.11 Å². The van der Waals surface area contributed by atoms with Gasteiger partial charge in [-0.15, -0.1) is 13.2 Å². The summed E-state index contributed by atoms with van der Waals surface area (Å²) in [7, 11) is 0. The number of allylic oxidation sites excluding steroid dienone is 1. The van der Waals surface area contributed by atoms with Gasteiger partial charge in [0.1, 0.15) is 0 Å². The van der Waals surface area contributed by atoms with Crippen molar-refractivity contribution in [2.24, 2.45) is 0 Å². The van der Waals surface area contributed by atoms with Crippen LogP contribution >= 0.6 is 0 Å². The summed E-state index contributed by atoms with van der Waals surface area (Å²) in [5.41, 5.74) is 0. The second-order valence-corrected chi connectivity index (χ2v) is 2.02. The molecule has 0 aliphatic carbocycles. The van der Waals surface area contributed by atoms with Crippen LogP contribution in [0, 0.1) is 0 Å². The largest absolute Gasteiger partial charge is 0.389 e. The van der Waals surface area contributed by atoms with Crippen LogP contribution in [0.2, 0.25) is 0 Å². The molecule has 0 rings (SSSR count). The van der Waals surface area contributed by atoms with E-state index in [1.807, 2.05) is 6.08 Å². The number of aliphatic hydroxyl groups excluding tert-OH is 1. The fourth-order valence-corrected chi connectivity index (χ4v) is 0.589. The van der Waals surface area contributed by atoms with E-state index < -0.39 is 0 Å². The second-order valence-electron chi connectivity index (χ2n) is 2.02. The number of unbranched alkanes of at least 4 members (excludes halogenated alkanes) is 1. The van der Waals surface area contributed by atoms with Gasteiger partial charge in [0.15, 0.2) is 0 Å². The Hall–Kier alpha value is -0.560. The van der Waals surface area contributed by atoms with Crippen LogP contribution in [0.5, 0.6) is 0 Å². The lowest BCUT2D eigenvalue weighted by atomic mass is 10.1. The van der Waals surface area contributed by atoms with Gasteiger partial charge in [0.05, 0.1) is 6.10 Å². The van der Waals surface area contributed by atoms with Crippen molar-refractivity contribution in [3.05, 3.63) is 25.3 Å². The molecule has 0 heterocycles. The average molecular weight is 126 g/mol. The molecular formula is C8H14O. The summed E-state index contributed by atoms with van der Waals surface area (Å²) in [6, 6.07) is 0. The van der Waals surface area contributed by atoms with Gasteiger partial charge >= 0.3 is 0 Å². The summed E-state index contributed by atoms with van der Waals surface area (Å²) in [5.74, 6) is 0. The molecule has 0 aliphatic rings. The van der Waals surface area contributed by atoms with Crippen molar-refractivity contribution in [1.82, 2.24) is 0 Å². The van der Waals surface area contributed by atoms with E-state index >= 15 is 0 Å². The lowest BCUT2D eigenvalue weighted by Crippen LogP contribution is -1.99. The average Bonchev–Trinajstić information content (AvgIpc) is 1.89. The molecule has 0 aromatic rings. The van der Waals surface area contributed by atoms with E-state index in [1.54, 1.807) is 6.08 Å². The van der Waals surface area contributed by atoms with Crippen LogP contribution in [0.15, 0.2) is 25.3 Å². The van der Waals surface area contributed by atoms with E-state index in [0.717, 1.165) is 19.3 Å². The summed E-state index contributed by atoms with van der Waals surface area (Å²) in [6.07, 6.45) is 5.86. The van der Waals surface area contributed by atoms with Crippen molar-refractivity contribution in [3.8, 4) is 0 Å². The van der Waals surface area contributed by atoms with E-state index in [9.17, 15) is 0 Å². The molecular weight excluding hydrogens is 112 g/mol. The van der Waals surface area contributed by atoms with Gasteiger partial charge in [-0.2, -0.15) is 0 Å². The first-order valence-electron chi connectivity index (χ1n) is 3.22. The van der Waals surface area contributed by atoms with E-state index in [1.165, 1.54) is 0 Å². The Kier molecular flexibility index (Phi) is 5.23. The highest BCUT2D eigenvalue weighted by Gasteiger charge is 1.94. The van der Waals surface area contributed by atoms with Crippen LogP contribution < -0.4 is 0 Å². The zero-order chi connectivity index (χ0) is 7.11. The Bertz CT molecular complexity index is 86.6. The maximum absolute atomic E-state index is 8.93. The van der Waals surface area contributed by atoms with Gasteiger partial charge in [-0.1, -0.05) is 12.2 Å². The molecule has 0 saturated heterocycles. The second kappa shape index (κ2) is 5.57. The molecule has 0 aliphatic heterocycles. The smallest absolute Gasteiger partial charge is 0.0718 e. The zero-order valence-electron chi connectivity index (χ0n) is 5.71. The molecule has 1 nitrogen and oxygen atoms in total. The van der Waals surface area contributed by atoms with Crippen LogP contribution in [-0.4, -0.2) is 11.2 Å². The van der Waals surface area contributed by atoms with Gasteiger partial charge in [-0.25, -0.2) is 0 Å².